The van der Waals surface area contributed by atoms with Crippen molar-refractivity contribution in [3.05, 3.63) is 57.3 Å². The second-order valence-corrected chi connectivity index (χ2v) is 4.83. The molecule has 2 rings (SSSR count). The SMILES string of the molecule is Cc1cc(C)cc(OCc2nc(CCN)cc(=O)[nH]2)c1. The smallest absolute Gasteiger partial charge is 0.251 e. The molecule has 0 radical (unpaired) electrons. The third-order valence-electron chi connectivity index (χ3n) is 2.81. The second kappa shape index (κ2) is 6.34. The molecule has 0 aliphatic carbocycles. The van der Waals surface area contributed by atoms with E-state index in [0.717, 1.165) is 16.9 Å². The van der Waals surface area contributed by atoms with E-state index in [2.05, 4.69) is 16.0 Å². The highest BCUT2D eigenvalue weighted by molar-refractivity contribution is 5.33. The van der Waals surface area contributed by atoms with Crippen molar-refractivity contribution in [3.63, 3.8) is 0 Å². The Balaban J connectivity index is 2.12. The van der Waals surface area contributed by atoms with E-state index < -0.39 is 0 Å². The fourth-order valence-corrected chi connectivity index (χ4v) is 2.08. The van der Waals surface area contributed by atoms with Crippen LogP contribution < -0.4 is 16.0 Å². The van der Waals surface area contributed by atoms with E-state index in [1.807, 2.05) is 26.0 Å². The first kappa shape index (κ1) is 14.3. The first-order chi connectivity index (χ1) is 9.56. The van der Waals surface area contributed by atoms with Crippen molar-refractivity contribution in [2.75, 3.05) is 6.54 Å². The maximum atomic E-state index is 11.5. The van der Waals surface area contributed by atoms with E-state index in [4.69, 9.17) is 10.5 Å². The molecule has 0 saturated heterocycles. The van der Waals surface area contributed by atoms with Crippen LogP contribution in [0, 0.1) is 13.8 Å². The Kier molecular flexibility index (Phi) is 4.53. The monoisotopic (exact) mass is 273 g/mol. The van der Waals surface area contributed by atoms with Gasteiger partial charge in [0.1, 0.15) is 18.2 Å². The molecule has 0 aliphatic heterocycles. The molecule has 0 unspecified atom stereocenters. The fourth-order valence-electron chi connectivity index (χ4n) is 2.08. The molecule has 0 bridgehead atoms. The van der Waals surface area contributed by atoms with Crippen LogP contribution >= 0.6 is 0 Å². The van der Waals surface area contributed by atoms with Crippen LogP contribution in [0.5, 0.6) is 5.75 Å². The number of hydrogen-bond acceptors (Lipinski definition) is 4. The van der Waals surface area contributed by atoms with Gasteiger partial charge in [-0.2, -0.15) is 0 Å². The van der Waals surface area contributed by atoms with Crippen LogP contribution in [0.25, 0.3) is 0 Å². The molecule has 0 aliphatic rings. The number of aryl methyl sites for hydroxylation is 2. The summed E-state index contributed by atoms with van der Waals surface area (Å²) in [6.45, 7) is 4.73. The quantitative estimate of drug-likeness (QED) is 0.864. The minimum atomic E-state index is -0.178. The zero-order valence-corrected chi connectivity index (χ0v) is 11.8. The molecule has 0 saturated carbocycles. The van der Waals surface area contributed by atoms with Crippen molar-refractivity contribution in [1.82, 2.24) is 9.97 Å². The molecule has 2 aromatic rings. The number of ether oxygens (including phenoxy) is 1. The van der Waals surface area contributed by atoms with Crippen LogP contribution in [0.3, 0.4) is 0 Å². The zero-order valence-electron chi connectivity index (χ0n) is 11.8. The van der Waals surface area contributed by atoms with Crippen molar-refractivity contribution >= 4 is 0 Å². The molecule has 106 valence electrons. The lowest BCUT2D eigenvalue weighted by atomic mass is 10.1. The lowest BCUT2D eigenvalue weighted by Crippen LogP contribution is -2.16. The summed E-state index contributed by atoms with van der Waals surface area (Å²) in [5, 5.41) is 0. The van der Waals surface area contributed by atoms with Gasteiger partial charge in [0, 0.05) is 18.2 Å². The van der Waals surface area contributed by atoms with Gasteiger partial charge in [-0.1, -0.05) is 6.07 Å². The molecule has 1 aromatic carbocycles. The second-order valence-electron chi connectivity index (χ2n) is 4.83. The number of nitrogens with one attached hydrogen (secondary N) is 1. The number of nitrogens with two attached hydrogens (primary N) is 1. The maximum absolute atomic E-state index is 11.5. The first-order valence-electron chi connectivity index (χ1n) is 6.57. The first-order valence-corrected chi connectivity index (χ1v) is 6.57. The standard InChI is InChI=1S/C15H19N3O2/c1-10-5-11(2)7-13(6-10)20-9-14-17-12(3-4-16)8-15(19)18-14/h5-8H,3-4,9,16H2,1-2H3,(H,17,18,19). The average Bonchev–Trinajstić information content (AvgIpc) is 2.35. The summed E-state index contributed by atoms with van der Waals surface area (Å²) in [6, 6.07) is 7.45. The van der Waals surface area contributed by atoms with E-state index in [0.29, 0.717) is 24.5 Å². The van der Waals surface area contributed by atoms with Gasteiger partial charge < -0.3 is 15.5 Å². The number of aromatic amines is 1. The summed E-state index contributed by atoms with van der Waals surface area (Å²) >= 11 is 0. The molecule has 3 N–H and O–H groups in total. The third-order valence-corrected chi connectivity index (χ3v) is 2.81. The van der Waals surface area contributed by atoms with E-state index >= 15 is 0 Å². The van der Waals surface area contributed by atoms with Gasteiger partial charge in [0.25, 0.3) is 5.56 Å². The summed E-state index contributed by atoms with van der Waals surface area (Å²) in [4.78, 5) is 18.5. The molecule has 5 heteroatoms. The summed E-state index contributed by atoms with van der Waals surface area (Å²) in [5.41, 5.74) is 8.26. The van der Waals surface area contributed by atoms with Crippen molar-refractivity contribution in [2.45, 2.75) is 26.9 Å². The Morgan fingerprint density at radius 3 is 2.55 bits per heavy atom. The summed E-state index contributed by atoms with van der Waals surface area (Å²) in [5.74, 6) is 1.29. The molecular formula is C15H19N3O2. The Hall–Kier alpha value is -2.14. The highest BCUT2D eigenvalue weighted by atomic mass is 16.5. The molecule has 0 atom stereocenters. The van der Waals surface area contributed by atoms with Gasteiger partial charge in [-0.05, 0) is 43.7 Å². The van der Waals surface area contributed by atoms with Crippen LogP contribution in [0.2, 0.25) is 0 Å². The van der Waals surface area contributed by atoms with Crippen molar-refractivity contribution in [3.8, 4) is 5.75 Å². The summed E-state index contributed by atoms with van der Waals surface area (Å²) < 4.78 is 5.68. The normalized spacial score (nSPS) is 10.6. The fraction of sp³-hybridized carbons (Fsp3) is 0.333. The Morgan fingerprint density at radius 1 is 1.20 bits per heavy atom. The lowest BCUT2D eigenvalue weighted by molar-refractivity contribution is 0.294. The van der Waals surface area contributed by atoms with Gasteiger partial charge in [0.05, 0.1) is 0 Å². The molecule has 0 spiro atoms. The van der Waals surface area contributed by atoms with Gasteiger partial charge in [0.2, 0.25) is 0 Å². The molecule has 1 aromatic heterocycles. The van der Waals surface area contributed by atoms with E-state index in [-0.39, 0.29) is 12.2 Å². The number of hydrogen-bond donors (Lipinski definition) is 2. The highest BCUT2D eigenvalue weighted by Gasteiger charge is 2.03. The van der Waals surface area contributed by atoms with Gasteiger partial charge in [-0.25, -0.2) is 4.98 Å². The average molecular weight is 273 g/mol. The number of rotatable bonds is 5. The van der Waals surface area contributed by atoms with Crippen molar-refractivity contribution in [2.24, 2.45) is 5.73 Å². The molecule has 1 heterocycles. The van der Waals surface area contributed by atoms with Gasteiger partial charge in [-0.15, -0.1) is 0 Å². The predicted octanol–water partition coefficient (Wildman–Crippen LogP) is 1.47. The topological polar surface area (TPSA) is 81.0 Å². The summed E-state index contributed by atoms with van der Waals surface area (Å²) in [7, 11) is 0. The largest absolute Gasteiger partial charge is 0.486 e. The Morgan fingerprint density at radius 2 is 1.90 bits per heavy atom. The van der Waals surface area contributed by atoms with E-state index in [1.54, 1.807) is 0 Å². The van der Waals surface area contributed by atoms with Gasteiger partial charge >= 0.3 is 0 Å². The highest BCUT2D eigenvalue weighted by Crippen LogP contribution is 2.16. The predicted molar refractivity (Wildman–Crippen MR) is 77.9 cm³/mol. The van der Waals surface area contributed by atoms with Crippen LogP contribution in [0.4, 0.5) is 0 Å². The van der Waals surface area contributed by atoms with E-state index in [1.165, 1.54) is 6.07 Å². The number of H-pyrrole nitrogens is 1. The van der Waals surface area contributed by atoms with Crippen molar-refractivity contribution in [1.29, 1.82) is 0 Å². The lowest BCUT2D eigenvalue weighted by Gasteiger charge is -2.08. The third kappa shape index (κ3) is 3.93. The molecule has 20 heavy (non-hydrogen) atoms. The molecule has 0 fully saturated rings. The number of aromatic nitrogens is 2. The van der Waals surface area contributed by atoms with Crippen LogP contribution in [0.15, 0.2) is 29.1 Å². The van der Waals surface area contributed by atoms with Crippen LogP contribution in [-0.2, 0) is 13.0 Å². The molecular weight excluding hydrogens is 254 g/mol. The van der Waals surface area contributed by atoms with Crippen molar-refractivity contribution < 1.29 is 4.74 Å². The number of benzene rings is 1. The Labute approximate surface area is 117 Å². The minimum absolute atomic E-state index is 0.178. The molecule has 0 amide bonds. The van der Waals surface area contributed by atoms with Crippen LogP contribution in [-0.4, -0.2) is 16.5 Å². The van der Waals surface area contributed by atoms with Gasteiger partial charge in [-0.3, -0.25) is 4.79 Å². The molecule has 5 nitrogen and oxygen atoms in total. The van der Waals surface area contributed by atoms with E-state index in [9.17, 15) is 4.79 Å². The van der Waals surface area contributed by atoms with Gasteiger partial charge in [0.15, 0.2) is 0 Å². The minimum Gasteiger partial charge on any atom is -0.486 e. The Bertz CT molecular complexity index is 630. The zero-order chi connectivity index (χ0) is 14.5. The summed E-state index contributed by atoms with van der Waals surface area (Å²) in [6.07, 6.45) is 0.584. The van der Waals surface area contributed by atoms with Crippen LogP contribution in [0.1, 0.15) is 22.6 Å². The number of nitrogens with zero attached hydrogens (tertiary/aromatic N) is 1. The maximum Gasteiger partial charge on any atom is 0.251 e.